The molecule has 2 N–H and O–H groups in total. The molecule has 0 fully saturated rings. The average Bonchev–Trinajstić information content (AvgIpc) is 2.71. The largest absolute Gasteiger partial charge is 0.464 e. The van der Waals surface area contributed by atoms with Crippen molar-refractivity contribution >= 4 is 10.0 Å². The van der Waals surface area contributed by atoms with E-state index in [0.29, 0.717) is 31.1 Å². The van der Waals surface area contributed by atoms with Gasteiger partial charge in [0.15, 0.2) is 0 Å². The van der Waals surface area contributed by atoms with Gasteiger partial charge in [-0.25, -0.2) is 13.1 Å². The van der Waals surface area contributed by atoms with Gasteiger partial charge in [0, 0.05) is 19.2 Å². The Kier molecular flexibility index (Phi) is 5.99. The third-order valence-electron chi connectivity index (χ3n) is 2.75. The smallest absolute Gasteiger partial charge is 0.244 e. The summed E-state index contributed by atoms with van der Waals surface area (Å²) in [5.41, 5.74) is 0. The fraction of sp³-hybridized carbons (Fsp3) is 0.667. The lowest BCUT2D eigenvalue weighted by Crippen LogP contribution is -2.37. The number of sulfonamides is 1. The lowest BCUT2D eigenvalue weighted by Gasteiger charge is -2.15. The van der Waals surface area contributed by atoms with E-state index in [4.69, 9.17) is 9.15 Å². The first-order valence-corrected chi connectivity index (χ1v) is 7.68. The van der Waals surface area contributed by atoms with Gasteiger partial charge in [0.1, 0.15) is 16.4 Å². The molecule has 1 heterocycles. The van der Waals surface area contributed by atoms with E-state index in [1.165, 1.54) is 0 Å². The van der Waals surface area contributed by atoms with Gasteiger partial charge in [-0.15, -0.1) is 0 Å². The first kappa shape index (κ1) is 16.2. The summed E-state index contributed by atoms with van der Waals surface area (Å²) < 4.78 is 37.6. The molecule has 0 spiro atoms. The maximum atomic E-state index is 12.3. The molecule has 0 aliphatic heterocycles. The summed E-state index contributed by atoms with van der Waals surface area (Å²) in [7, 11) is -0.253. The summed E-state index contributed by atoms with van der Waals surface area (Å²) in [5, 5.41) is 2.92. The topological polar surface area (TPSA) is 80.6 Å². The Labute approximate surface area is 114 Å². The lowest BCUT2D eigenvalue weighted by molar-refractivity contribution is 0.173. The second-order valence-electron chi connectivity index (χ2n) is 4.35. The van der Waals surface area contributed by atoms with Crippen molar-refractivity contribution in [2.45, 2.75) is 37.8 Å². The zero-order valence-electron chi connectivity index (χ0n) is 11.8. The maximum Gasteiger partial charge on any atom is 0.244 e. The predicted molar refractivity (Wildman–Crippen MR) is 72.5 cm³/mol. The van der Waals surface area contributed by atoms with Gasteiger partial charge >= 0.3 is 0 Å². The molecule has 0 aliphatic carbocycles. The molecule has 1 rings (SSSR count). The summed E-state index contributed by atoms with van der Waals surface area (Å²) in [6.45, 7) is 4.38. The van der Waals surface area contributed by atoms with E-state index in [9.17, 15) is 8.42 Å². The van der Waals surface area contributed by atoms with Gasteiger partial charge in [0.2, 0.25) is 10.0 Å². The van der Waals surface area contributed by atoms with E-state index in [-0.39, 0.29) is 10.9 Å². The third kappa shape index (κ3) is 4.31. The van der Waals surface area contributed by atoms with Crippen molar-refractivity contribution < 1.29 is 17.6 Å². The molecule has 0 aromatic carbocycles. The molecule has 0 radical (unpaired) electrons. The van der Waals surface area contributed by atoms with Crippen LogP contribution in [0.25, 0.3) is 0 Å². The van der Waals surface area contributed by atoms with E-state index in [2.05, 4.69) is 10.0 Å². The number of furan rings is 1. The van der Waals surface area contributed by atoms with Gasteiger partial charge in [-0.3, -0.25) is 0 Å². The third-order valence-corrected chi connectivity index (χ3v) is 4.37. The van der Waals surface area contributed by atoms with Gasteiger partial charge in [-0.05, 0) is 20.4 Å². The van der Waals surface area contributed by atoms with Gasteiger partial charge in [0.05, 0.1) is 13.2 Å². The quantitative estimate of drug-likeness (QED) is 0.747. The van der Waals surface area contributed by atoms with Crippen LogP contribution in [0.4, 0.5) is 0 Å². The van der Waals surface area contributed by atoms with E-state index in [1.54, 1.807) is 27.1 Å². The first-order valence-electron chi connectivity index (χ1n) is 6.19. The highest BCUT2D eigenvalue weighted by atomic mass is 32.2. The van der Waals surface area contributed by atoms with Crippen LogP contribution in [0.3, 0.4) is 0 Å². The minimum Gasteiger partial charge on any atom is -0.464 e. The number of hydrogen-bond acceptors (Lipinski definition) is 5. The molecular weight excluding hydrogens is 268 g/mol. The fourth-order valence-electron chi connectivity index (χ4n) is 1.77. The zero-order chi connectivity index (χ0) is 14.5. The first-order chi connectivity index (χ1) is 8.94. The van der Waals surface area contributed by atoms with E-state index >= 15 is 0 Å². The van der Waals surface area contributed by atoms with Crippen molar-refractivity contribution in [1.29, 1.82) is 0 Å². The number of methoxy groups -OCH3 is 1. The second kappa shape index (κ2) is 7.04. The minimum atomic E-state index is -3.57. The highest BCUT2D eigenvalue weighted by Gasteiger charge is 2.24. The summed E-state index contributed by atoms with van der Waals surface area (Å²) >= 11 is 0. The summed E-state index contributed by atoms with van der Waals surface area (Å²) in [6, 6.07) is 1.31. The Morgan fingerprint density at radius 2 is 2.16 bits per heavy atom. The van der Waals surface area contributed by atoms with Crippen LogP contribution in [0.5, 0.6) is 0 Å². The van der Waals surface area contributed by atoms with Crippen LogP contribution < -0.4 is 10.0 Å². The van der Waals surface area contributed by atoms with Gasteiger partial charge in [-0.2, -0.15) is 0 Å². The SMILES string of the molecule is CCC(COC)NS(=O)(=O)c1cc(CNC)oc1C. The van der Waals surface area contributed by atoms with Crippen LogP contribution in [0, 0.1) is 6.92 Å². The number of aryl methyl sites for hydroxylation is 1. The van der Waals surface area contributed by atoms with E-state index in [1.807, 2.05) is 6.92 Å². The highest BCUT2D eigenvalue weighted by molar-refractivity contribution is 7.89. The molecule has 110 valence electrons. The summed E-state index contributed by atoms with van der Waals surface area (Å²) in [4.78, 5) is 0.187. The average molecular weight is 290 g/mol. The molecule has 1 unspecified atom stereocenters. The molecule has 6 nitrogen and oxygen atoms in total. The van der Waals surface area contributed by atoms with Crippen LogP contribution in [-0.4, -0.2) is 35.2 Å². The number of nitrogens with one attached hydrogen (secondary N) is 2. The molecule has 0 saturated heterocycles. The van der Waals surface area contributed by atoms with Crippen molar-refractivity contribution in [2.75, 3.05) is 20.8 Å². The molecule has 0 saturated carbocycles. The molecule has 7 heteroatoms. The Morgan fingerprint density at radius 1 is 1.47 bits per heavy atom. The predicted octanol–water partition coefficient (Wildman–Crippen LogP) is 1.01. The van der Waals surface area contributed by atoms with Crippen molar-refractivity contribution in [1.82, 2.24) is 10.0 Å². The summed E-state index contributed by atoms with van der Waals surface area (Å²) in [6.07, 6.45) is 0.660. The van der Waals surface area contributed by atoms with Gasteiger partial charge in [-0.1, -0.05) is 6.92 Å². The monoisotopic (exact) mass is 290 g/mol. The summed E-state index contributed by atoms with van der Waals surface area (Å²) in [5.74, 6) is 0.991. The Morgan fingerprint density at radius 3 is 2.68 bits per heavy atom. The Balaban J connectivity index is 2.93. The van der Waals surface area contributed by atoms with Crippen molar-refractivity contribution in [3.8, 4) is 0 Å². The van der Waals surface area contributed by atoms with Crippen molar-refractivity contribution in [3.63, 3.8) is 0 Å². The normalized spacial score (nSPS) is 13.7. The Hall–Kier alpha value is -0.890. The zero-order valence-corrected chi connectivity index (χ0v) is 12.6. The lowest BCUT2D eigenvalue weighted by atomic mass is 10.3. The molecule has 1 aromatic heterocycles. The maximum absolute atomic E-state index is 12.3. The van der Waals surface area contributed by atoms with Gasteiger partial charge in [0.25, 0.3) is 0 Å². The van der Waals surface area contributed by atoms with Crippen LogP contribution in [-0.2, 0) is 21.3 Å². The molecule has 0 aliphatic rings. The van der Waals surface area contributed by atoms with Crippen molar-refractivity contribution in [2.24, 2.45) is 0 Å². The van der Waals surface area contributed by atoms with Crippen LogP contribution in [0.15, 0.2) is 15.4 Å². The highest BCUT2D eigenvalue weighted by Crippen LogP contribution is 2.20. The van der Waals surface area contributed by atoms with E-state index < -0.39 is 10.0 Å². The molecule has 19 heavy (non-hydrogen) atoms. The van der Waals surface area contributed by atoms with Crippen LogP contribution in [0.1, 0.15) is 24.9 Å². The number of hydrogen-bond donors (Lipinski definition) is 2. The number of ether oxygens (including phenoxy) is 1. The molecule has 0 amide bonds. The van der Waals surface area contributed by atoms with Crippen LogP contribution >= 0.6 is 0 Å². The molecular formula is C12H22N2O4S. The molecule has 1 atom stereocenters. The van der Waals surface area contributed by atoms with Crippen molar-refractivity contribution in [3.05, 3.63) is 17.6 Å². The molecule has 0 bridgehead atoms. The standard InChI is InChI=1S/C12H22N2O4S/c1-5-10(8-17-4)14-19(15,16)12-6-11(7-13-3)18-9(12)2/h6,10,13-14H,5,7-8H2,1-4H3. The minimum absolute atomic E-state index is 0.187. The van der Waals surface area contributed by atoms with Crippen LogP contribution in [0.2, 0.25) is 0 Å². The second-order valence-corrected chi connectivity index (χ2v) is 6.03. The molecule has 1 aromatic rings. The fourth-order valence-corrected chi connectivity index (χ4v) is 3.28. The van der Waals surface area contributed by atoms with Gasteiger partial charge < -0.3 is 14.5 Å². The number of rotatable bonds is 8. The Bertz CT molecular complexity index is 496. The van der Waals surface area contributed by atoms with E-state index in [0.717, 1.165) is 0 Å².